The fourth-order valence-corrected chi connectivity index (χ4v) is 6.86. The summed E-state index contributed by atoms with van der Waals surface area (Å²) in [4.78, 5) is 27.1. The van der Waals surface area contributed by atoms with Crippen LogP contribution in [0.1, 0.15) is 56.2 Å². The Bertz CT molecular complexity index is 792. The van der Waals surface area contributed by atoms with E-state index in [-0.39, 0.29) is 18.2 Å². The predicted octanol–water partition coefficient (Wildman–Crippen LogP) is 2.37. The van der Waals surface area contributed by atoms with Gasteiger partial charge in [-0.3, -0.25) is 9.59 Å². The Balaban J connectivity index is 1.44. The number of thiophene rings is 1. The van der Waals surface area contributed by atoms with E-state index in [2.05, 4.69) is 5.32 Å². The minimum absolute atomic E-state index is 0.0956. The van der Waals surface area contributed by atoms with Gasteiger partial charge in [-0.15, -0.1) is 11.3 Å². The van der Waals surface area contributed by atoms with Crippen molar-refractivity contribution in [3.63, 3.8) is 0 Å². The maximum Gasteiger partial charge on any atom is 0.252 e. The van der Waals surface area contributed by atoms with Crippen LogP contribution < -0.4 is 5.32 Å². The molecule has 7 nitrogen and oxygen atoms in total. The lowest BCUT2D eigenvalue weighted by Gasteiger charge is -2.25. The van der Waals surface area contributed by atoms with E-state index in [9.17, 15) is 18.0 Å². The molecular weight excluding hydrogens is 410 g/mol. The number of piperidine rings is 1. The summed E-state index contributed by atoms with van der Waals surface area (Å²) in [5.41, 5.74) is 0. The number of hydrogen-bond acceptors (Lipinski definition) is 5. The van der Waals surface area contributed by atoms with Crippen molar-refractivity contribution in [1.82, 2.24) is 14.5 Å². The minimum Gasteiger partial charge on any atom is -0.355 e. The molecule has 162 valence electrons. The Morgan fingerprint density at radius 3 is 2.24 bits per heavy atom. The Morgan fingerprint density at radius 1 is 0.931 bits per heavy atom. The van der Waals surface area contributed by atoms with Crippen molar-refractivity contribution < 1.29 is 18.0 Å². The van der Waals surface area contributed by atoms with Crippen LogP contribution in [0, 0.1) is 0 Å². The van der Waals surface area contributed by atoms with Crippen LogP contribution >= 0.6 is 11.3 Å². The van der Waals surface area contributed by atoms with Gasteiger partial charge in [-0.05, 0) is 37.8 Å². The summed E-state index contributed by atoms with van der Waals surface area (Å²) in [6.45, 7) is 3.09. The van der Waals surface area contributed by atoms with Crippen LogP contribution in [0.15, 0.2) is 16.3 Å². The number of sulfonamides is 1. The van der Waals surface area contributed by atoms with E-state index in [1.54, 1.807) is 16.4 Å². The van der Waals surface area contributed by atoms with Gasteiger partial charge in [0.1, 0.15) is 4.21 Å². The van der Waals surface area contributed by atoms with Gasteiger partial charge >= 0.3 is 0 Å². The first-order valence-electron chi connectivity index (χ1n) is 10.6. The molecule has 29 heavy (non-hydrogen) atoms. The summed E-state index contributed by atoms with van der Waals surface area (Å²) in [7, 11) is -3.45. The van der Waals surface area contributed by atoms with E-state index in [1.807, 2.05) is 4.90 Å². The maximum atomic E-state index is 12.7. The van der Waals surface area contributed by atoms with Crippen LogP contribution in [0.4, 0.5) is 0 Å². The molecule has 1 aromatic heterocycles. The zero-order chi connectivity index (χ0) is 20.7. The van der Waals surface area contributed by atoms with Crippen LogP contribution in [0.25, 0.3) is 0 Å². The number of likely N-dealkylation sites (tertiary alicyclic amines) is 1. The molecule has 9 heteroatoms. The average molecular weight is 442 g/mol. The third-order valence-electron chi connectivity index (χ3n) is 5.50. The lowest BCUT2D eigenvalue weighted by Crippen LogP contribution is -2.35. The third kappa shape index (κ3) is 6.26. The van der Waals surface area contributed by atoms with Crippen LogP contribution in [0.2, 0.25) is 0 Å². The second-order valence-corrected chi connectivity index (χ2v) is 11.1. The highest BCUT2D eigenvalue weighted by molar-refractivity contribution is 7.91. The van der Waals surface area contributed by atoms with E-state index in [0.29, 0.717) is 30.3 Å². The summed E-state index contributed by atoms with van der Waals surface area (Å²) in [6.07, 6.45) is 7.78. The van der Waals surface area contributed by atoms with Gasteiger partial charge in [-0.1, -0.05) is 19.3 Å². The van der Waals surface area contributed by atoms with Gasteiger partial charge in [-0.2, -0.15) is 4.31 Å². The molecule has 0 unspecified atom stereocenters. The van der Waals surface area contributed by atoms with Gasteiger partial charge in [0, 0.05) is 44.0 Å². The molecule has 0 spiro atoms. The number of nitrogens with one attached hydrogen (secondary N) is 1. The van der Waals surface area contributed by atoms with Gasteiger partial charge in [-0.25, -0.2) is 8.42 Å². The average Bonchev–Trinajstić information content (AvgIpc) is 3.02. The van der Waals surface area contributed by atoms with Crippen molar-refractivity contribution in [2.75, 3.05) is 32.7 Å². The molecule has 0 radical (unpaired) electrons. The molecule has 1 N–H and O–H groups in total. The van der Waals surface area contributed by atoms with Crippen molar-refractivity contribution in [3.8, 4) is 0 Å². The fraction of sp³-hybridized carbons (Fsp3) is 0.700. The standard InChI is InChI=1S/C20H31N3O4S2/c24-18(21-11-10-19(25)22-12-4-1-2-5-13-22)16-17-8-9-20(28-17)29(26,27)23-14-6-3-7-15-23/h8-9H,1-7,10-16H2,(H,21,24). The second-order valence-electron chi connectivity index (χ2n) is 7.76. The van der Waals surface area contributed by atoms with Crippen LogP contribution in [0.3, 0.4) is 0 Å². The highest BCUT2D eigenvalue weighted by atomic mass is 32.2. The normalized spacial score (nSPS) is 19.0. The van der Waals surface area contributed by atoms with Gasteiger partial charge < -0.3 is 10.2 Å². The fourth-order valence-electron chi connectivity index (χ4n) is 3.83. The molecule has 2 saturated heterocycles. The highest BCUT2D eigenvalue weighted by Crippen LogP contribution is 2.27. The first-order valence-corrected chi connectivity index (χ1v) is 12.9. The highest BCUT2D eigenvalue weighted by Gasteiger charge is 2.27. The smallest absolute Gasteiger partial charge is 0.252 e. The first-order chi connectivity index (χ1) is 14.0. The molecule has 0 saturated carbocycles. The van der Waals surface area contributed by atoms with Crippen LogP contribution in [0.5, 0.6) is 0 Å². The maximum absolute atomic E-state index is 12.7. The topological polar surface area (TPSA) is 86.8 Å². The number of carbonyl (C=O) groups is 2. The van der Waals surface area contributed by atoms with E-state index >= 15 is 0 Å². The second kappa shape index (κ2) is 10.5. The van der Waals surface area contributed by atoms with Gasteiger partial charge in [0.05, 0.1) is 6.42 Å². The number of nitrogens with zero attached hydrogens (tertiary/aromatic N) is 2. The van der Waals surface area contributed by atoms with Crippen molar-refractivity contribution in [2.24, 2.45) is 0 Å². The van der Waals surface area contributed by atoms with E-state index in [4.69, 9.17) is 0 Å². The Hall–Kier alpha value is -1.45. The quantitative estimate of drug-likeness (QED) is 0.704. The molecule has 2 fully saturated rings. The molecule has 0 atom stereocenters. The van der Waals surface area contributed by atoms with Gasteiger partial charge in [0.25, 0.3) is 10.0 Å². The first kappa shape index (κ1) is 22.2. The lowest BCUT2D eigenvalue weighted by atomic mass is 10.2. The Labute approximate surface area is 177 Å². The van der Waals surface area contributed by atoms with Crippen molar-refractivity contribution in [2.45, 2.75) is 62.0 Å². The van der Waals surface area contributed by atoms with E-state index in [0.717, 1.165) is 61.4 Å². The van der Waals surface area contributed by atoms with Crippen molar-refractivity contribution in [1.29, 1.82) is 0 Å². The zero-order valence-electron chi connectivity index (χ0n) is 16.9. The molecule has 2 aliphatic heterocycles. The monoisotopic (exact) mass is 441 g/mol. The van der Waals surface area contributed by atoms with Crippen LogP contribution in [-0.4, -0.2) is 62.2 Å². The van der Waals surface area contributed by atoms with Crippen molar-refractivity contribution >= 4 is 33.2 Å². The number of carbonyl (C=O) groups excluding carboxylic acids is 2. The summed E-state index contributed by atoms with van der Waals surface area (Å²) < 4.78 is 27.2. The third-order valence-corrected chi connectivity index (χ3v) is 8.95. The van der Waals surface area contributed by atoms with Crippen molar-refractivity contribution in [3.05, 3.63) is 17.0 Å². The summed E-state index contributed by atoms with van der Waals surface area (Å²) in [5, 5.41) is 2.79. The Kier molecular flexibility index (Phi) is 8.08. The predicted molar refractivity (Wildman–Crippen MR) is 113 cm³/mol. The lowest BCUT2D eigenvalue weighted by molar-refractivity contribution is -0.131. The van der Waals surface area contributed by atoms with Gasteiger partial charge in [0.2, 0.25) is 11.8 Å². The molecule has 3 rings (SSSR count). The molecule has 2 aliphatic rings. The number of hydrogen-bond donors (Lipinski definition) is 1. The molecule has 0 bridgehead atoms. The molecule has 2 amide bonds. The van der Waals surface area contributed by atoms with Gasteiger partial charge in [0.15, 0.2) is 0 Å². The van der Waals surface area contributed by atoms with E-state index in [1.165, 1.54) is 12.8 Å². The molecule has 3 heterocycles. The molecule has 1 aromatic rings. The SMILES string of the molecule is O=C(Cc1ccc(S(=O)(=O)N2CCCCC2)s1)NCCC(=O)N1CCCCCC1. The number of amides is 2. The largest absolute Gasteiger partial charge is 0.355 e. The minimum atomic E-state index is -3.45. The molecular formula is C20H31N3O4S2. The summed E-state index contributed by atoms with van der Waals surface area (Å²) in [5.74, 6) is -0.0873. The molecule has 0 aromatic carbocycles. The summed E-state index contributed by atoms with van der Waals surface area (Å²) >= 11 is 1.16. The zero-order valence-corrected chi connectivity index (χ0v) is 18.5. The summed E-state index contributed by atoms with van der Waals surface area (Å²) in [6, 6.07) is 3.31. The van der Waals surface area contributed by atoms with Crippen LogP contribution in [-0.2, 0) is 26.0 Å². The Morgan fingerprint density at radius 2 is 1.55 bits per heavy atom. The van der Waals surface area contributed by atoms with E-state index < -0.39 is 10.0 Å². The molecule has 0 aliphatic carbocycles. The number of rotatable bonds is 7.